The average Bonchev–Trinajstić information content (AvgIpc) is 3.10. The van der Waals surface area contributed by atoms with Crippen LogP contribution in [-0.4, -0.2) is 27.8 Å². The molecule has 0 radical (unpaired) electrons. The van der Waals surface area contributed by atoms with Gasteiger partial charge in [0.15, 0.2) is 6.29 Å². The Morgan fingerprint density at radius 1 is 1.10 bits per heavy atom. The number of hydrogen-bond acceptors (Lipinski definition) is 5. The number of alkyl carbamates (subject to hydrolysis) is 1. The van der Waals surface area contributed by atoms with Gasteiger partial charge in [-0.15, -0.1) is 0 Å². The minimum Gasteiger partial charge on any atom is -0.487 e. The monoisotopic (exact) mass is 421 g/mol. The molecule has 0 aliphatic rings. The first-order chi connectivity index (χ1) is 14.7. The molecular formula is C24H27N3O4. The standard InChI is InChI=1S/C24H27N3O4/c1-24(2,3)31-23(29)25-22(17-9-6-5-7-10-17)18-11-8-12-21(13-18)30-16-20-14-19(15-28)26-27(20)4/h5-15,22H,16H2,1-4H3,(H,25,29). The lowest BCUT2D eigenvalue weighted by molar-refractivity contribution is 0.0512. The predicted octanol–water partition coefficient (Wildman–Crippen LogP) is 4.43. The zero-order chi connectivity index (χ0) is 22.4. The van der Waals surface area contributed by atoms with Crippen molar-refractivity contribution in [3.63, 3.8) is 0 Å². The second-order valence-electron chi connectivity index (χ2n) is 8.15. The number of aromatic nitrogens is 2. The second-order valence-corrected chi connectivity index (χ2v) is 8.15. The molecule has 3 rings (SSSR count). The molecule has 1 N–H and O–H groups in total. The van der Waals surface area contributed by atoms with Gasteiger partial charge < -0.3 is 14.8 Å². The van der Waals surface area contributed by atoms with Crippen LogP contribution in [0.25, 0.3) is 0 Å². The van der Waals surface area contributed by atoms with Crippen molar-refractivity contribution in [3.8, 4) is 5.75 Å². The number of carbonyl (C=O) groups is 2. The van der Waals surface area contributed by atoms with Gasteiger partial charge in [-0.2, -0.15) is 5.10 Å². The Bertz CT molecular complexity index is 1040. The molecule has 0 aliphatic heterocycles. The van der Waals surface area contributed by atoms with E-state index in [0.29, 0.717) is 17.7 Å². The Hall–Kier alpha value is -3.61. The molecule has 0 saturated carbocycles. The lowest BCUT2D eigenvalue weighted by atomic mass is 9.98. The summed E-state index contributed by atoms with van der Waals surface area (Å²) in [7, 11) is 1.76. The van der Waals surface area contributed by atoms with Crippen LogP contribution in [0.4, 0.5) is 4.79 Å². The third-order valence-electron chi connectivity index (χ3n) is 4.49. The van der Waals surface area contributed by atoms with Crippen molar-refractivity contribution in [2.45, 2.75) is 39.0 Å². The number of carbonyl (C=O) groups excluding carboxylic acids is 2. The molecule has 31 heavy (non-hydrogen) atoms. The van der Waals surface area contributed by atoms with Gasteiger partial charge in [-0.05, 0) is 50.1 Å². The van der Waals surface area contributed by atoms with E-state index in [1.54, 1.807) is 17.8 Å². The number of aldehydes is 1. The largest absolute Gasteiger partial charge is 0.487 e. The smallest absolute Gasteiger partial charge is 0.408 e. The van der Waals surface area contributed by atoms with Gasteiger partial charge in [-0.3, -0.25) is 9.48 Å². The van der Waals surface area contributed by atoms with E-state index < -0.39 is 17.7 Å². The van der Waals surface area contributed by atoms with Crippen LogP contribution in [0.1, 0.15) is 54.1 Å². The van der Waals surface area contributed by atoms with Crippen LogP contribution in [0.3, 0.4) is 0 Å². The molecule has 0 saturated heterocycles. The van der Waals surface area contributed by atoms with Crippen LogP contribution in [0, 0.1) is 0 Å². The molecule has 0 fully saturated rings. The zero-order valence-corrected chi connectivity index (χ0v) is 18.2. The minimum absolute atomic E-state index is 0.260. The Morgan fingerprint density at radius 2 is 1.81 bits per heavy atom. The summed E-state index contributed by atoms with van der Waals surface area (Å²) in [5, 5.41) is 7.05. The summed E-state index contributed by atoms with van der Waals surface area (Å²) in [6.07, 6.45) is 0.209. The van der Waals surface area contributed by atoms with E-state index in [4.69, 9.17) is 9.47 Å². The first-order valence-electron chi connectivity index (χ1n) is 10.0. The van der Waals surface area contributed by atoms with E-state index in [-0.39, 0.29) is 6.61 Å². The minimum atomic E-state index is -0.597. The molecule has 1 unspecified atom stereocenters. The molecule has 0 spiro atoms. The normalized spacial score (nSPS) is 12.1. The molecule has 1 aromatic heterocycles. The molecular weight excluding hydrogens is 394 g/mol. The maximum absolute atomic E-state index is 12.5. The highest BCUT2D eigenvalue weighted by Crippen LogP contribution is 2.26. The van der Waals surface area contributed by atoms with Gasteiger partial charge in [0.1, 0.15) is 23.7 Å². The third kappa shape index (κ3) is 6.18. The number of amides is 1. The van der Waals surface area contributed by atoms with Gasteiger partial charge >= 0.3 is 6.09 Å². The molecule has 0 aliphatic carbocycles. The molecule has 1 amide bonds. The maximum atomic E-state index is 12.5. The van der Waals surface area contributed by atoms with Gasteiger partial charge in [-0.25, -0.2) is 4.79 Å². The van der Waals surface area contributed by atoms with E-state index in [0.717, 1.165) is 16.8 Å². The quantitative estimate of drug-likeness (QED) is 0.571. The van der Waals surface area contributed by atoms with E-state index in [2.05, 4.69) is 10.4 Å². The van der Waals surface area contributed by atoms with Crippen molar-refractivity contribution < 1.29 is 19.1 Å². The van der Waals surface area contributed by atoms with E-state index in [1.807, 2.05) is 75.4 Å². The molecule has 1 atom stereocenters. The van der Waals surface area contributed by atoms with Crippen molar-refractivity contribution in [2.24, 2.45) is 7.05 Å². The Balaban J connectivity index is 1.81. The van der Waals surface area contributed by atoms with Crippen LogP contribution >= 0.6 is 0 Å². The van der Waals surface area contributed by atoms with Crippen LogP contribution in [-0.2, 0) is 18.4 Å². The number of nitrogens with zero attached hydrogens (tertiary/aromatic N) is 2. The zero-order valence-electron chi connectivity index (χ0n) is 18.2. The topological polar surface area (TPSA) is 82.5 Å². The maximum Gasteiger partial charge on any atom is 0.408 e. The fourth-order valence-corrected chi connectivity index (χ4v) is 3.09. The Labute approximate surface area is 182 Å². The van der Waals surface area contributed by atoms with Gasteiger partial charge in [0.25, 0.3) is 0 Å². The molecule has 1 heterocycles. The average molecular weight is 421 g/mol. The van der Waals surface area contributed by atoms with Crippen LogP contribution < -0.4 is 10.1 Å². The highest BCUT2D eigenvalue weighted by Gasteiger charge is 2.22. The summed E-state index contributed by atoms with van der Waals surface area (Å²) in [5.41, 5.74) is 2.32. The van der Waals surface area contributed by atoms with Crippen molar-refractivity contribution in [2.75, 3.05) is 0 Å². The first-order valence-corrected chi connectivity index (χ1v) is 10.0. The van der Waals surface area contributed by atoms with Crippen LogP contribution in [0.5, 0.6) is 5.75 Å². The van der Waals surface area contributed by atoms with E-state index in [9.17, 15) is 9.59 Å². The Kier molecular flexibility index (Phi) is 6.74. The lowest BCUT2D eigenvalue weighted by Gasteiger charge is -2.24. The number of nitrogens with one attached hydrogen (secondary N) is 1. The highest BCUT2D eigenvalue weighted by molar-refractivity contribution is 5.71. The van der Waals surface area contributed by atoms with Gasteiger partial charge in [0.2, 0.25) is 0 Å². The number of benzene rings is 2. The summed E-state index contributed by atoms with van der Waals surface area (Å²) in [6, 6.07) is 18.5. The SMILES string of the molecule is Cn1nc(C=O)cc1COc1cccc(C(NC(=O)OC(C)(C)C)c2ccccc2)c1. The summed E-state index contributed by atoms with van der Waals surface area (Å²) in [6.45, 7) is 5.74. The van der Waals surface area contributed by atoms with Gasteiger partial charge in [-0.1, -0.05) is 42.5 Å². The molecule has 7 heteroatoms. The van der Waals surface area contributed by atoms with Crippen molar-refractivity contribution >= 4 is 12.4 Å². The third-order valence-corrected chi connectivity index (χ3v) is 4.49. The fraction of sp³-hybridized carbons (Fsp3) is 0.292. The first kappa shape index (κ1) is 22.1. The summed E-state index contributed by atoms with van der Waals surface area (Å²) in [4.78, 5) is 23.4. The molecule has 7 nitrogen and oxygen atoms in total. The van der Waals surface area contributed by atoms with Gasteiger partial charge in [0.05, 0.1) is 11.7 Å². The highest BCUT2D eigenvalue weighted by atomic mass is 16.6. The molecule has 0 bridgehead atoms. The van der Waals surface area contributed by atoms with Crippen LogP contribution in [0.15, 0.2) is 60.7 Å². The predicted molar refractivity (Wildman–Crippen MR) is 117 cm³/mol. The van der Waals surface area contributed by atoms with Crippen molar-refractivity contribution in [3.05, 3.63) is 83.2 Å². The number of rotatable bonds is 7. The molecule has 3 aromatic rings. The van der Waals surface area contributed by atoms with Crippen LogP contribution in [0.2, 0.25) is 0 Å². The van der Waals surface area contributed by atoms with E-state index in [1.165, 1.54) is 0 Å². The fourth-order valence-electron chi connectivity index (χ4n) is 3.09. The summed E-state index contributed by atoms with van der Waals surface area (Å²) in [5.74, 6) is 0.637. The summed E-state index contributed by atoms with van der Waals surface area (Å²) < 4.78 is 13.0. The molecule has 2 aromatic carbocycles. The number of ether oxygens (including phenoxy) is 2. The van der Waals surface area contributed by atoms with Gasteiger partial charge in [0, 0.05) is 7.05 Å². The number of aryl methyl sites for hydroxylation is 1. The second kappa shape index (κ2) is 9.47. The van der Waals surface area contributed by atoms with Crippen molar-refractivity contribution in [1.82, 2.24) is 15.1 Å². The number of hydrogen-bond donors (Lipinski definition) is 1. The summed E-state index contributed by atoms with van der Waals surface area (Å²) >= 11 is 0. The Morgan fingerprint density at radius 3 is 2.45 bits per heavy atom. The lowest BCUT2D eigenvalue weighted by Crippen LogP contribution is -2.35. The van der Waals surface area contributed by atoms with Crippen molar-refractivity contribution in [1.29, 1.82) is 0 Å². The molecule has 162 valence electrons. The van der Waals surface area contributed by atoms with E-state index >= 15 is 0 Å².